The van der Waals surface area contributed by atoms with Crippen LogP contribution in [0, 0.1) is 13.8 Å². The summed E-state index contributed by atoms with van der Waals surface area (Å²) in [6, 6.07) is 7.07. The summed E-state index contributed by atoms with van der Waals surface area (Å²) in [5.74, 6) is 0.313. The maximum Gasteiger partial charge on any atom is 0.251 e. The van der Waals surface area contributed by atoms with Gasteiger partial charge in [-0.15, -0.1) is 11.3 Å². The van der Waals surface area contributed by atoms with Crippen molar-refractivity contribution < 1.29 is 9.53 Å². The zero-order chi connectivity index (χ0) is 18.7. The zero-order valence-corrected chi connectivity index (χ0v) is 15.9. The molecule has 0 aliphatic rings. The molecule has 0 aliphatic heterocycles. The summed E-state index contributed by atoms with van der Waals surface area (Å²) in [7, 11) is 1.55. The van der Waals surface area contributed by atoms with E-state index in [1.54, 1.807) is 43.0 Å². The number of rotatable bonds is 5. The molecule has 3 aromatic rings. The first kappa shape index (κ1) is 18.0. The van der Waals surface area contributed by atoms with Gasteiger partial charge in [0.2, 0.25) is 5.88 Å². The Labute approximate surface area is 156 Å². The highest BCUT2D eigenvalue weighted by Crippen LogP contribution is 2.26. The summed E-state index contributed by atoms with van der Waals surface area (Å²) in [5, 5.41) is 4.00. The monoisotopic (exact) mass is 368 g/mol. The molecule has 2 aromatic heterocycles. The van der Waals surface area contributed by atoms with E-state index in [1.807, 2.05) is 32.9 Å². The highest BCUT2D eigenvalue weighted by Gasteiger charge is 2.17. The standard InChI is InChI=1S/C19H20N4O2S/c1-11(16-12(2)26-13(3)23-16)22-18(24)15-7-5-14(6-8-15)17-19(25-4)21-10-9-20-17/h5-11H,1-4H3,(H,22,24)/t11-/m1/s1. The number of aromatic nitrogens is 3. The number of hydrogen-bond acceptors (Lipinski definition) is 6. The maximum atomic E-state index is 12.5. The number of thiazole rings is 1. The topological polar surface area (TPSA) is 77.0 Å². The molecule has 2 heterocycles. The van der Waals surface area contributed by atoms with Gasteiger partial charge in [-0.25, -0.2) is 15.0 Å². The van der Waals surface area contributed by atoms with Gasteiger partial charge < -0.3 is 10.1 Å². The lowest BCUT2D eigenvalue weighted by molar-refractivity contribution is 0.0939. The Morgan fingerprint density at radius 3 is 2.46 bits per heavy atom. The molecule has 0 aliphatic carbocycles. The number of methoxy groups -OCH3 is 1. The molecule has 0 saturated heterocycles. The Morgan fingerprint density at radius 1 is 1.15 bits per heavy atom. The van der Waals surface area contributed by atoms with E-state index in [1.165, 1.54) is 0 Å². The van der Waals surface area contributed by atoms with Gasteiger partial charge in [-0.2, -0.15) is 0 Å². The lowest BCUT2D eigenvalue weighted by Gasteiger charge is -2.13. The van der Waals surface area contributed by atoms with Crippen molar-refractivity contribution in [1.29, 1.82) is 0 Å². The van der Waals surface area contributed by atoms with Gasteiger partial charge in [0.25, 0.3) is 5.91 Å². The number of hydrogen-bond donors (Lipinski definition) is 1. The maximum absolute atomic E-state index is 12.5. The largest absolute Gasteiger partial charge is 0.479 e. The molecule has 0 bridgehead atoms. The number of aryl methyl sites for hydroxylation is 2. The van der Waals surface area contributed by atoms with E-state index in [2.05, 4.69) is 20.3 Å². The minimum Gasteiger partial charge on any atom is -0.479 e. The van der Waals surface area contributed by atoms with Gasteiger partial charge in [-0.3, -0.25) is 4.79 Å². The van der Waals surface area contributed by atoms with Gasteiger partial charge in [-0.05, 0) is 32.9 Å². The van der Waals surface area contributed by atoms with Crippen molar-refractivity contribution in [1.82, 2.24) is 20.3 Å². The first-order valence-electron chi connectivity index (χ1n) is 8.19. The highest BCUT2D eigenvalue weighted by molar-refractivity contribution is 7.11. The van der Waals surface area contributed by atoms with Crippen molar-refractivity contribution in [2.75, 3.05) is 7.11 Å². The molecule has 7 heteroatoms. The Kier molecular flexibility index (Phi) is 5.27. The molecule has 0 spiro atoms. The van der Waals surface area contributed by atoms with E-state index in [0.29, 0.717) is 17.1 Å². The van der Waals surface area contributed by atoms with Crippen LogP contribution in [0.5, 0.6) is 5.88 Å². The van der Waals surface area contributed by atoms with Crippen molar-refractivity contribution in [3.05, 3.63) is 57.8 Å². The average molecular weight is 368 g/mol. The summed E-state index contributed by atoms with van der Waals surface area (Å²) >= 11 is 1.64. The quantitative estimate of drug-likeness (QED) is 0.743. The SMILES string of the molecule is COc1nccnc1-c1ccc(C(=O)N[C@H](C)c2nc(C)sc2C)cc1. The number of nitrogens with zero attached hydrogens (tertiary/aromatic N) is 3. The van der Waals surface area contributed by atoms with E-state index in [-0.39, 0.29) is 11.9 Å². The minimum absolute atomic E-state index is 0.139. The van der Waals surface area contributed by atoms with Crippen molar-refractivity contribution >= 4 is 17.2 Å². The second-order valence-corrected chi connectivity index (χ2v) is 7.27. The average Bonchev–Trinajstić information content (AvgIpc) is 3.00. The molecule has 0 unspecified atom stereocenters. The van der Waals surface area contributed by atoms with E-state index in [4.69, 9.17) is 4.74 Å². The highest BCUT2D eigenvalue weighted by atomic mass is 32.1. The van der Waals surface area contributed by atoms with Crippen LogP contribution in [0.2, 0.25) is 0 Å². The third kappa shape index (κ3) is 3.72. The van der Waals surface area contributed by atoms with Gasteiger partial charge in [0.15, 0.2) is 0 Å². The normalized spacial score (nSPS) is 11.8. The first-order valence-corrected chi connectivity index (χ1v) is 9.01. The van der Waals surface area contributed by atoms with Crippen LogP contribution >= 0.6 is 11.3 Å². The number of nitrogens with one attached hydrogen (secondary N) is 1. The smallest absolute Gasteiger partial charge is 0.251 e. The fraction of sp³-hybridized carbons (Fsp3) is 0.263. The number of carbonyl (C=O) groups is 1. The molecule has 26 heavy (non-hydrogen) atoms. The third-order valence-corrected chi connectivity index (χ3v) is 4.88. The van der Waals surface area contributed by atoms with E-state index in [9.17, 15) is 4.79 Å². The minimum atomic E-state index is -0.146. The number of carbonyl (C=O) groups excluding carboxylic acids is 1. The predicted molar refractivity (Wildman–Crippen MR) is 101 cm³/mol. The van der Waals surface area contributed by atoms with E-state index < -0.39 is 0 Å². The molecule has 1 aromatic carbocycles. The number of ether oxygens (including phenoxy) is 1. The van der Waals surface area contributed by atoms with Crippen molar-refractivity contribution in [2.45, 2.75) is 26.8 Å². The summed E-state index contributed by atoms with van der Waals surface area (Å²) in [4.78, 5) is 26.6. The van der Waals surface area contributed by atoms with Gasteiger partial charge >= 0.3 is 0 Å². The summed E-state index contributed by atoms with van der Waals surface area (Å²) < 4.78 is 5.23. The Morgan fingerprint density at radius 2 is 1.85 bits per heavy atom. The second-order valence-electron chi connectivity index (χ2n) is 5.86. The van der Waals surface area contributed by atoms with Crippen molar-refractivity contribution in [2.24, 2.45) is 0 Å². The van der Waals surface area contributed by atoms with Crippen LogP contribution in [0.4, 0.5) is 0 Å². The van der Waals surface area contributed by atoms with Crippen LogP contribution in [-0.4, -0.2) is 28.0 Å². The van der Waals surface area contributed by atoms with Crippen molar-refractivity contribution in [3.63, 3.8) is 0 Å². The second kappa shape index (κ2) is 7.61. The molecule has 3 rings (SSSR count). The molecule has 0 radical (unpaired) electrons. The predicted octanol–water partition coefficient (Wildman–Crippen LogP) is 3.72. The van der Waals surface area contributed by atoms with Crippen LogP contribution in [-0.2, 0) is 0 Å². The molecule has 1 atom stereocenters. The van der Waals surface area contributed by atoms with Gasteiger partial charge in [0.1, 0.15) is 5.69 Å². The molecule has 0 fully saturated rings. The van der Waals surface area contributed by atoms with Crippen LogP contribution in [0.25, 0.3) is 11.3 Å². The molecule has 134 valence electrons. The molecule has 1 amide bonds. The summed E-state index contributed by atoms with van der Waals surface area (Å²) in [6.45, 7) is 5.93. The zero-order valence-electron chi connectivity index (χ0n) is 15.1. The van der Waals surface area contributed by atoms with Gasteiger partial charge in [-0.1, -0.05) is 12.1 Å². The Hall–Kier alpha value is -2.80. The van der Waals surface area contributed by atoms with Crippen molar-refractivity contribution in [3.8, 4) is 17.1 Å². The lowest BCUT2D eigenvalue weighted by Crippen LogP contribution is -2.27. The molecular weight excluding hydrogens is 348 g/mol. The molecular formula is C19H20N4O2S. The molecule has 6 nitrogen and oxygen atoms in total. The molecule has 1 N–H and O–H groups in total. The van der Waals surface area contributed by atoms with Crippen LogP contribution < -0.4 is 10.1 Å². The van der Waals surface area contributed by atoms with E-state index in [0.717, 1.165) is 21.1 Å². The van der Waals surface area contributed by atoms with Gasteiger partial charge in [0.05, 0.1) is 23.9 Å². The van der Waals surface area contributed by atoms with Crippen LogP contribution in [0.3, 0.4) is 0 Å². The van der Waals surface area contributed by atoms with Gasteiger partial charge in [0, 0.05) is 28.4 Å². The third-order valence-electron chi connectivity index (χ3n) is 3.98. The fourth-order valence-electron chi connectivity index (χ4n) is 2.75. The lowest BCUT2D eigenvalue weighted by atomic mass is 10.1. The summed E-state index contributed by atoms with van der Waals surface area (Å²) in [6.07, 6.45) is 3.19. The fourth-order valence-corrected chi connectivity index (χ4v) is 3.66. The number of benzene rings is 1. The number of amides is 1. The van der Waals surface area contributed by atoms with E-state index >= 15 is 0 Å². The molecule has 0 saturated carbocycles. The Balaban J connectivity index is 1.76. The van der Waals surface area contributed by atoms with Crippen LogP contribution in [0.1, 0.15) is 38.9 Å². The summed E-state index contributed by atoms with van der Waals surface area (Å²) in [5.41, 5.74) is 2.98. The first-order chi connectivity index (χ1) is 12.5. The van der Waals surface area contributed by atoms with Crippen LogP contribution in [0.15, 0.2) is 36.7 Å². The Bertz CT molecular complexity index is 922.